The van der Waals surface area contributed by atoms with Crippen molar-refractivity contribution in [1.29, 1.82) is 0 Å². The number of carboxylic acid groups (broad SMARTS) is 1. The lowest BCUT2D eigenvalue weighted by atomic mass is 9.92. The minimum atomic E-state index is -1.05. The highest BCUT2D eigenvalue weighted by atomic mass is 16.5. The highest BCUT2D eigenvalue weighted by Gasteiger charge is 2.24. The average molecular weight is 492 g/mol. The van der Waals surface area contributed by atoms with E-state index in [2.05, 4.69) is 4.98 Å². The van der Waals surface area contributed by atoms with Gasteiger partial charge in [-0.25, -0.2) is 9.78 Å². The van der Waals surface area contributed by atoms with Gasteiger partial charge in [0.1, 0.15) is 0 Å². The number of ether oxygens (including phenoxy) is 4. The van der Waals surface area contributed by atoms with Gasteiger partial charge in [-0.3, -0.25) is 4.98 Å². The molecule has 4 rings (SSSR count). The summed E-state index contributed by atoms with van der Waals surface area (Å²) in [6, 6.07) is 8.90. The Morgan fingerprint density at radius 1 is 0.917 bits per heavy atom. The minimum absolute atomic E-state index is 0.157. The van der Waals surface area contributed by atoms with Crippen molar-refractivity contribution in [2.24, 2.45) is 0 Å². The number of fused-ring (bicyclic) bond motifs is 1. The summed E-state index contributed by atoms with van der Waals surface area (Å²) in [6.07, 6.45) is 7.53. The summed E-state index contributed by atoms with van der Waals surface area (Å²) in [5, 5.41) is 11.0. The molecule has 0 amide bonds. The number of carbonyl (C=O) groups is 1. The number of benzene rings is 2. The summed E-state index contributed by atoms with van der Waals surface area (Å²) < 4.78 is 23.9. The maximum absolute atomic E-state index is 12.7. The summed E-state index contributed by atoms with van der Waals surface area (Å²) in [5.74, 6) is 1.01. The largest absolute Gasteiger partial charge is 0.493 e. The van der Waals surface area contributed by atoms with Gasteiger partial charge in [-0.2, -0.15) is 0 Å². The minimum Gasteiger partial charge on any atom is -0.493 e. The SMILES string of the molecule is COc1ccc(-c2c(C(=O)O)c(CCCCn3ccnc3)nc3cc(OC)c(OC)cc23)cc1OC. The number of carboxylic acids is 1. The van der Waals surface area contributed by atoms with Crippen LogP contribution in [-0.4, -0.2) is 54.1 Å². The Kier molecular flexibility index (Phi) is 7.58. The molecular formula is C27H29N3O6. The second kappa shape index (κ2) is 11.0. The van der Waals surface area contributed by atoms with E-state index in [9.17, 15) is 9.90 Å². The first-order chi connectivity index (χ1) is 17.5. The third kappa shape index (κ3) is 4.91. The number of aromatic nitrogens is 3. The first kappa shape index (κ1) is 24.8. The number of methoxy groups -OCH3 is 4. The number of hydrogen-bond donors (Lipinski definition) is 1. The zero-order chi connectivity index (χ0) is 25.7. The molecule has 4 aromatic rings. The summed E-state index contributed by atoms with van der Waals surface area (Å²) in [4.78, 5) is 21.5. The molecule has 0 saturated carbocycles. The van der Waals surface area contributed by atoms with Gasteiger partial charge in [0.25, 0.3) is 0 Å². The van der Waals surface area contributed by atoms with Gasteiger partial charge in [0.15, 0.2) is 23.0 Å². The molecular weight excluding hydrogens is 462 g/mol. The molecule has 0 bridgehead atoms. The van der Waals surface area contributed by atoms with E-state index < -0.39 is 5.97 Å². The number of pyridine rings is 1. The first-order valence-electron chi connectivity index (χ1n) is 11.5. The van der Waals surface area contributed by atoms with Crippen molar-refractivity contribution in [3.05, 3.63) is 60.3 Å². The number of unbranched alkanes of at least 4 members (excludes halogenated alkanes) is 1. The van der Waals surface area contributed by atoms with E-state index in [4.69, 9.17) is 23.9 Å². The molecule has 0 spiro atoms. The summed E-state index contributed by atoms with van der Waals surface area (Å²) in [5.41, 5.74) is 2.50. The van der Waals surface area contributed by atoms with E-state index >= 15 is 0 Å². The number of aryl methyl sites for hydroxylation is 2. The molecule has 9 nitrogen and oxygen atoms in total. The quantitative estimate of drug-likeness (QED) is 0.297. The normalized spacial score (nSPS) is 10.9. The molecule has 9 heteroatoms. The van der Waals surface area contributed by atoms with Crippen LogP contribution in [0.25, 0.3) is 22.0 Å². The molecule has 0 saturated heterocycles. The molecule has 0 aliphatic heterocycles. The molecule has 0 radical (unpaired) electrons. The fraction of sp³-hybridized carbons (Fsp3) is 0.296. The summed E-state index contributed by atoms with van der Waals surface area (Å²) in [7, 11) is 6.20. The monoisotopic (exact) mass is 491 g/mol. The van der Waals surface area contributed by atoms with Crippen molar-refractivity contribution in [3.63, 3.8) is 0 Å². The standard InChI is InChI=1S/C27H29N3O6/c1-33-21-9-8-17(13-22(21)34-2)25-18-14-23(35-3)24(36-4)15-20(18)29-19(26(25)27(31)32)7-5-6-11-30-12-10-28-16-30/h8-10,12-16H,5-7,11H2,1-4H3,(H,31,32). The van der Waals surface area contributed by atoms with Crippen molar-refractivity contribution in [2.45, 2.75) is 25.8 Å². The third-order valence-corrected chi connectivity index (χ3v) is 6.09. The van der Waals surface area contributed by atoms with Gasteiger partial charge in [0.05, 0.1) is 51.5 Å². The Labute approximate surface area is 209 Å². The highest BCUT2D eigenvalue weighted by molar-refractivity contribution is 6.08. The Morgan fingerprint density at radius 3 is 2.25 bits per heavy atom. The zero-order valence-electron chi connectivity index (χ0n) is 20.8. The van der Waals surface area contributed by atoms with E-state index in [0.717, 1.165) is 19.4 Å². The number of imidazole rings is 1. The molecule has 0 fully saturated rings. The van der Waals surface area contributed by atoms with Crippen molar-refractivity contribution >= 4 is 16.9 Å². The lowest BCUT2D eigenvalue weighted by Crippen LogP contribution is -2.10. The van der Waals surface area contributed by atoms with Crippen molar-refractivity contribution in [2.75, 3.05) is 28.4 Å². The second-order valence-corrected chi connectivity index (χ2v) is 8.17. The smallest absolute Gasteiger partial charge is 0.338 e. The number of hydrogen-bond acceptors (Lipinski definition) is 7. The van der Waals surface area contributed by atoms with E-state index in [0.29, 0.717) is 57.1 Å². The van der Waals surface area contributed by atoms with Crippen LogP contribution in [0.4, 0.5) is 0 Å². The first-order valence-corrected chi connectivity index (χ1v) is 11.5. The number of rotatable bonds is 11. The molecule has 2 aromatic heterocycles. The Morgan fingerprint density at radius 2 is 1.61 bits per heavy atom. The molecule has 0 atom stereocenters. The Hall–Kier alpha value is -4.27. The molecule has 0 unspecified atom stereocenters. The van der Waals surface area contributed by atoms with Gasteiger partial charge in [0, 0.05) is 36.0 Å². The van der Waals surface area contributed by atoms with Crippen LogP contribution in [0.2, 0.25) is 0 Å². The average Bonchev–Trinajstić information content (AvgIpc) is 3.42. The van der Waals surface area contributed by atoms with Crippen LogP contribution < -0.4 is 18.9 Å². The van der Waals surface area contributed by atoms with Crippen LogP contribution in [0.1, 0.15) is 28.9 Å². The van der Waals surface area contributed by atoms with Crippen LogP contribution in [0.5, 0.6) is 23.0 Å². The van der Waals surface area contributed by atoms with Crippen molar-refractivity contribution in [1.82, 2.24) is 14.5 Å². The van der Waals surface area contributed by atoms with Gasteiger partial charge in [-0.05, 0) is 43.0 Å². The number of aromatic carboxylic acids is 1. The van der Waals surface area contributed by atoms with Gasteiger partial charge >= 0.3 is 5.97 Å². The Balaban J connectivity index is 1.88. The fourth-order valence-electron chi connectivity index (χ4n) is 4.35. The third-order valence-electron chi connectivity index (χ3n) is 6.09. The maximum atomic E-state index is 12.7. The highest BCUT2D eigenvalue weighted by Crippen LogP contribution is 2.41. The molecule has 0 aliphatic carbocycles. The van der Waals surface area contributed by atoms with Gasteiger partial charge < -0.3 is 28.6 Å². The van der Waals surface area contributed by atoms with Crippen molar-refractivity contribution in [3.8, 4) is 34.1 Å². The van der Waals surface area contributed by atoms with E-state index in [1.165, 1.54) is 0 Å². The lowest BCUT2D eigenvalue weighted by Gasteiger charge is -2.18. The predicted octanol–water partition coefficient (Wildman–Crippen LogP) is 4.85. The van der Waals surface area contributed by atoms with Crippen LogP contribution in [0.3, 0.4) is 0 Å². The zero-order valence-corrected chi connectivity index (χ0v) is 20.8. The van der Waals surface area contributed by atoms with Crippen LogP contribution >= 0.6 is 0 Å². The molecule has 2 aromatic carbocycles. The number of nitrogens with zero attached hydrogens (tertiary/aromatic N) is 3. The van der Waals surface area contributed by atoms with Gasteiger partial charge in [0.2, 0.25) is 0 Å². The second-order valence-electron chi connectivity index (χ2n) is 8.17. The molecule has 1 N–H and O–H groups in total. The topological polar surface area (TPSA) is 105 Å². The predicted molar refractivity (Wildman–Crippen MR) is 136 cm³/mol. The van der Waals surface area contributed by atoms with Crippen LogP contribution in [-0.2, 0) is 13.0 Å². The summed E-state index contributed by atoms with van der Waals surface area (Å²) in [6.45, 7) is 0.795. The van der Waals surface area contributed by atoms with Gasteiger partial charge in [-0.1, -0.05) is 6.07 Å². The van der Waals surface area contributed by atoms with Crippen molar-refractivity contribution < 1.29 is 28.8 Å². The van der Waals surface area contributed by atoms with Crippen LogP contribution in [0.15, 0.2) is 49.1 Å². The van der Waals surface area contributed by atoms with Gasteiger partial charge in [-0.15, -0.1) is 0 Å². The fourth-order valence-corrected chi connectivity index (χ4v) is 4.35. The lowest BCUT2D eigenvalue weighted by molar-refractivity contribution is 0.0696. The maximum Gasteiger partial charge on any atom is 0.338 e. The van der Waals surface area contributed by atoms with E-state index in [1.54, 1.807) is 65.2 Å². The Bertz CT molecular complexity index is 1370. The molecule has 0 aliphatic rings. The molecule has 188 valence electrons. The molecule has 2 heterocycles. The molecule has 36 heavy (non-hydrogen) atoms. The van der Waals surface area contributed by atoms with Crippen LogP contribution in [0, 0.1) is 0 Å². The van der Waals surface area contributed by atoms with E-state index in [-0.39, 0.29) is 5.56 Å². The van der Waals surface area contributed by atoms with E-state index in [1.807, 2.05) is 16.8 Å². The summed E-state index contributed by atoms with van der Waals surface area (Å²) >= 11 is 0.